The Kier molecular flexibility index (Phi) is 7.18. The molecule has 2 heterocycles. The van der Waals surface area contributed by atoms with Crippen molar-refractivity contribution < 1.29 is 14.4 Å². The average Bonchev–Trinajstić information content (AvgIpc) is 3.42. The number of rotatable bonds is 6. The van der Waals surface area contributed by atoms with Crippen molar-refractivity contribution >= 4 is 44.7 Å². The van der Waals surface area contributed by atoms with Crippen molar-refractivity contribution in [1.82, 2.24) is 10.2 Å². The number of hydrogen-bond donors (Lipinski definition) is 4. The molecule has 0 saturated carbocycles. The Bertz CT molecular complexity index is 1730. The van der Waals surface area contributed by atoms with Crippen LogP contribution in [0.25, 0.3) is 10.1 Å². The highest BCUT2D eigenvalue weighted by Crippen LogP contribution is 2.49. The molecule has 214 valence electrons. The molecule has 8 nitrogen and oxygen atoms in total. The zero-order chi connectivity index (χ0) is 29.6. The highest BCUT2D eigenvalue weighted by atomic mass is 32.1. The Morgan fingerprint density at radius 1 is 1.10 bits per heavy atom. The minimum absolute atomic E-state index is 0.164. The number of Topliss-reactive ketones (excluding diaryl/α,β-unsaturated/α-hetero) is 1. The summed E-state index contributed by atoms with van der Waals surface area (Å²) in [6.07, 6.45) is 3.47. The number of likely N-dealkylation sites (tertiary alicyclic amines) is 1. The zero-order valence-corrected chi connectivity index (χ0v) is 24.0. The van der Waals surface area contributed by atoms with Crippen LogP contribution in [0.5, 0.6) is 0 Å². The number of thiophene rings is 1. The van der Waals surface area contributed by atoms with Gasteiger partial charge in [0.15, 0.2) is 5.78 Å². The topological polar surface area (TPSA) is 145 Å². The SMILES string of the molecule is C=CC(=O)N1CCCC(NC(=O)c2sc3c(N)ccc4c3c2C(N)C(=O)C4(N)c2cccc(Cc3ccccc3)c2)C1. The maximum absolute atomic E-state index is 14.2. The lowest BCUT2D eigenvalue weighted by Gasteiger charge is -2.37. The van der Waals surface area contributed by atoms with Crippen LogP contribution in [0.4, 0.5) is 5.69 Å². The summed E-state index contributed by atoms with van der Waals surface area (Å²) in [4.78, 5) is 42.0. The van der Waals surface area contributed by atoms with Gasteiger partial charge in [-0.05, 0) is 53.7 Å². The molecule has 9 heteroatoms. The number of piperidine rings is 1. The maximum atomic E-state index is 14.2. The van der Waals surface area contributed by atoms with Crippen molar-refractivity contribution in [1.29, 1.82) is 0 Å². The van der Waals surface area contributed by atoms with E-state index in [1.807, 2.05) is 42.5 Å². The van der Waals surface area contributed by atoms with E-state index < -0.39 is 11.6 Å². The fourth-order valence-corrected chi connectivity index (χ4v) is 7.48. The summed E-state index contributed by atoms with van der Waals surface area (Å²) in [5, 5.41) is 3.73. The molecule has 3 aromatic carbocycles. The van der Waals surface area contributed by atoms with Crippen molar-refractivity contribution in [3.05, 3.63) is 112 Å². The summed E-state index contributed by atoms with van der Waals surface area (Å²) >= 11 is 1.22. The van der Waals surface area contributed by atoms with Crippen LogP contribution in [-0.4, -0.2) is 41.6 Å². The van der Waals surface area contributed by atoms with Crippen LogP contribution in [0.3, 0.4) is 0 Å². The second kappa shape index (κ2) is 10.8. The van der Waals surface area contributed by atoms with E-state index in [0.29, 0.717) is 56.9 Å². The van der Waals surface area contributed by atoms with Crippen LogP contribution in [0.15, 0.2) is 79.4 Å². The first-order valence-electron chi connectivity index (χ1n) is 14.0. The van der Waals surface area contributed by atoms with Crippen LogP contribution in [0, 0.1) is 0 Å². The molecule has 2 amide bonds. The second-order valence-corrected chi connectivity index (χ2v) is 12.1. The monoisotopic (exact) mass is 579 g/mol. The fraction of sp³-hybridized carbons (Fsp3) is 0.242. The third-order valence-electron chi connectivity index (χ3n) is 8.40. The van der Waals surface area contributed by atoms with Crippen molar-refractivity contribution in [2.75, 3.05) is 18.8 Å². The molecule has 1 aromatic heterocycles. The average molecular weight is 580 g/mol. The number of carbonyl (C=O) groups is 3. The quantitative estimate of drug-likeness (QED) is 0.202. The summed E-state index contributed by atoms with van der Waals surface area (Å²) in [6.45, 7) is 4.58. The van der Waals surface area contributed by atoms with Gasteiger partial charge in [0, 0.05) is 35.8 Å². The van der Waals surface area contributed by atoms with Gasteiger partial charge in [-0.15, -0.1) is 11.3 Å². The van der Waals surface area contributed by atoms with Gasteiger partial charge in [-0.3, -0.25) is 14.4 Å². The van der Waals surface area contributed by atoms with E-state index in [1.54, 1.807) is 17.0 Å². The molecule has 7 N–H and O–H groups in total. The van der Waals surface area contributed by atoms with Gasteiger partial charge in [-0.1, -0.05) is 67.2 Å². The van der Waals surface area contributed by atoms with Gasteiger partial charge >= 0.3 is 0 Å². The first kappa shape index (κ1) is 27.8. The summed E-state index contributed by atoms with van der Waals surface area (Å²) in [7, 11) is 0. The van der Waals surface area contributed by atoms with E-state index in [9.17, 15) is 14.4 Å². The molecule has 1 aliphatic heterocycles. The Balaban J connectivity index is 1.40. The van der Waals surface area contributed by atoms with Crippen LogP contribution < -0.4 is 22.5 Å². The fourth-order valence-electron chi connectivity index (χ4n) is 6.28. The first-order chi connectivity index (χ1) is 20.2. The predicted molar refractivity (Wildman–Crippen MR) is 166 cm³/mol. The lowest BCUT2D eigenvalue weighted by atomic mass is 9.70. The lowest BCUT2D eigenvalue weighted by Crippen LogP contribution is -2.53. The summed E-state index contributed by atoms with van der Waals surface area (Å²) in [5.41, 5.74) is 23.0. The molecule has 2 aliphatic rings. The molecule has 1 aliphatic carbocycles. The van der Waals surface area contributed by atoms with E-state index >= 15 is 0 Å². The van der Waals surface area contributed by atoms with E-state index in [-0.39, 0.29) is 23.6 Å². The van der Waals surface area contributed by atoms with E-state index in [2.05, 4.69) is 24.0 Å². The zero-order valence-electron chi connectivity index (χ0n) is 23.1. The van der Waals surface area contributed by atoms with E-state index in [4.69, 9.17) is 17.2 Å². The Morgan fingerprint density at radius 3 is 2.62 bits per heavy atom. The lowest BCUT2D eigenvalue weighted by molar-refractivity contribution is -0.127. The molecule has 1 saturated heterocycles. The number of nitrogen functional groups attached to an aromatic ring is 1. The molecule has 3 unspecified atom stereocenters. The van der Waals surface area contributed by atoms with Crippen molar-refractivity contribution in [3.63, 3.8) is 0 Å². The number of nitrogens with one attached hydrogen (secondary N) is 1. The minimum Gasteiger partial charge on any atom is -0.398 e. The van der Waals surface area contributed by atoms with E-state index in [1.165, 1.54) is 17.4 Å². The Morgan fingerprint density at radius 2 is 1.86 bits per heavy atom. The van der Waals surface area contributed by atoms with E-state index in [0.717, 1.165) is 24.0 Å². The van der Waals surface area contributed by atoms with Crippen molar-refractivity contribution in [2.24, 2.45) is 11.5 Å². The third kappa shape index (κ3) is 4.59. The highest BCUT2D eigenvalue weighted by molar-refractivity contribution is 7.21. The number of nitrogens with zero attached hydrogens (tertiary/aromatic N) is 1. The number of ketones is 1. The van der Waals surface area contributed by atoms with Gasteiger partial charge in [-0.25, -0.2) is 0 Å². The van der Waals surface area contributed by atoms with Crippen molar-refractivity contribution in [3.8, 4) is 0 Å². The molecule has 0 spiro atoms. The number of benzene rings is 3. The predicted octanol–water partition coefficient (Wildman–Crippen LogP) is 3.77. The largest absolute Gasteiger partial charge is 0.398 e. The van der Waals surface area contributed by atoms with Gasteiger partial charge in [-0.2, -0.15) is 0 Å². The molecule has 0 bridgehead atoms. The summed E-state index contributed by atoms with van der Waals surface area (Å²) < 4.78 is 0.679. The van der Waals surface area contributed by atoms with Crippen LogP contribution >= 0.6 is 11.3 Å². The molecule has 42 heavy (non-hydrogen) atoms. The van der Waals surface area contributed by atoms with Gasteiger partial charge in [0.2, 0.25) is 5.91 Å². The molecule has 6 rings (SSSR count). The number of amides is 2. The normalized spacial score (nSPS) is 21.8. The van der Waals surface area contributed by atoms with Crippen LogP contribution in [-0.2, 0) is 21.5 Å². The molecular weight excluding hydrogens is 546 g/mol. The first-order valence-corrected chi connectivity index (χ1v) is 14.8. The molecular formula is C33H33N5O3S. The highest BCUT2D eigenvalue weighted by Gasteiger charge is 2.49. The van der Waals surface area contributed by atoms with Gasteiger partial charge in [0.25, 0.3) is 5.91 Å². The summed E-state index contributed by atoms with van der Waals surface area (Å²) in [6, 6.07) is 20.0. The van der Waals surface area contributed by atoms with Crippen LogP contribution in [0.2, 0.25) is 0 Å². The molecule has 4 aromatic rings. The smallest absolute Gasteiger partial charge is 0.262 e. The Hall–Kier alpha value is -4.31. The van der Waals surface area contributed by atoms with Gasteiger partial charge < -0.3 is 27.4 Å². The summed E-state index contributed by atoms with van der Waals surface area (Å²) in [5.74, 6) is -0.888. The van der Waals surface area contributed by atoms with Gasteiger partial charge in [0.05, 0.1) is 15.6 Å². The Labute approximate surface area is 248 Å². The standard InChI is InChI=1S/C33H33N5O3S/c1-2-25(39)38-15-7-12-22(18-38)37-32(41)30-27-26-23(13-14-24(34)29(26)42-30)33(36,31(40)28(27)35)21-11-6-10-20(17-21)16-19-8-4-3-5-9-19/h2-6,8-11,13-14,17,22,28H,1,7,12,15-16,18,34-36H2,(H,37,41). The maximum Gasteiger partial charge on any atom is 0.262 e. The van der Waals surface area contributed by atoms with Gasteiger partial charge in [0.1, 0.15) is 5.54 Å². The number of carbonyl (C=O) groups excluding carboxylic acids is 3. The number of nitrogens with two attached hydrogens (primary N) is 3. The molecule has 0 radical (unpaired) electrons. The third-order valence-corrected chi connectivity index (χ3v) is 9.65. The number of hydrogen-bond acceptors (Lipinski definition) is 7. The molecule has 3 atom stereocenters. The molecule has 1 fully saturated rings. The van der Waals surface area contributed by atoms with Crippen LogP contribution in [0.1, 0.15) is 56.4 Å². The van der Waals surface area contributed by atoms with Crippen molar-refractivity contribution in [2.45, 2.75) is 36.9 Å². The number of anilines is 1. The minimum atomic E-state index is -1.52. The second-order valence-electron chi connectivity index (χ2n) is 11.1.